The summed E-state index contributed by atoms with van der Waals surface area (Å²) in [7, 11) is 0. The van der Waals surface area contributed by atoms with Crippen molar-refractivity contribution in [2.75, 3.05) is 18.5 Å². The van der Waals surface area contributed by atoms with E-state index in [1.807, 2.05) is 44.2 Å². The third-order valence-corrected chi connectivity index (χ3v) is 7.17. The Morgan fingerprint density at radius 2 is 1.88 bits per heavy atom. The van der Waals surface area contributed by atoms with E-state index in [4.69, 9.17) is 9.98 Å². The summed E-state index contributed by atoms with van der Waals surface area (Å²) in [6.45, 7) is 4.76. The monoisotopic (exact) mass is 474 g/mol. The van der Waals surface area contributed by atoms with Crippen LogP contribution < -0.4 is 16.0 Å². The number of aromatic nitrogens is 2. The number of hydrogen-bond acceptors (Lipinski definition) is 8. The van der Waals surface area contributed by atoms with Crippen LogP contribution in [0.2, 0.25) is 0 Å². The number of pyridine rings is 1. The van der Waals surface area contributed by atoms with E-state index in [1.165, 1.54) is 0 Å². The van der Waals surface area contributed by atoms with Crippen molar-refractivity contribution in [1.29, 1.82) is 0 Å². The number of anilines is 1. The lowest BCUT2D eigenvalue weighted by Crippen LogP contribution is -2.42. The molecule has 0 saturated heterocycles. The van der Waals surface area contributed by atoms with Crippen LogP contribution in [0.15, 0.2) is 58.7 Å². The standard InChI is InChI=1S/C26H30N6OS/c1-16-10-21(11-17(2)28-16)30-26-27-13-22(24(32-26)29-20-9-8-18(12-20)14-33)25-31-23(15-34-25)19-6-4-3-5-7-19/h3-7,10-11,15,18,20,29,33H,8-9,12-14H2,1-2H3,(H2,27,28,30,32). The number of aliphatic hydroxyl groups is 1. The average molecular weight is 475 g/mol. The molecule has 5 rings (SSSR count). The largest absolute Gasteiger partial charge is 0.396 e. The van der Waals surface area contributed by atoms with Gasteiger partial charge in [-0.05, 0) is 51.2 Å². The second-order valence-electron chi connectivity index (χ2n) is 9.01. The fourth-order valence-electron chi connectivity index (χ4n) is 4.61. The van der Waals surface area contributed by atoms with Gasteiger partial charge in [0.05, 0.1) is 12.2 Å². The normalized spacial score (nSPS) is 20.1. The highest BCUT2D eigenvalue weighted by atomic mass is 32.1. The summed E-state index contributed by atoms with van der Waals surface area (Å²) < 4.78 is 0. The second-order valence-corrected chi connectivity index (χ2v) is 9.87. The second kappa shape index (κ2) is 9.95. The molecule has 176 valence electrons. The number of rotatable bonds is 6. The summed E-state index contributed by atoms with van der Waals surface area (Å²) in [5, 5.41) is 23.3. The van der Waals surface area contributed by atoms with E-state index in [2.05, 4.69) is 38.4 Å². The van der Waals surface area contributed by atoms with Crippen molar-refractivity contribution in [2.24, 2.45) is 10.9 Å². The molecule has 0 radical (unpaired) electrons. The summed E-state index contributed by atoms with van der Waals surface area (Å²) in [6, 6.07) is 14.6. The maximum absolute atomic E-state index is 9.58. The lowest BCUT2D eigenvalue weighted by molar-refractivity contribution is 0.228. The Labute approximate surface area is 204 Å². The number of thiazole rings is 1. The zero-order valence-electron chi connectivity index (χ0n) is 19.5. The average Bonchev–Trinajstić information content (AvgIpc) is 3.49. The third-order valence-electron chi connectivity index (χ3n) is 6.26. The van der Waals surface area contributed by atoms with Gasteiger partial charge >= 0.3 is 0 Å². The van der Waals surface area contributed by atoms with E-state index in [-0.39, 0.29) is 6.61 Å². The molecule has 2 aliphatic rings. The summed E-state index contributed by atoms with van der Waals surface area (Å²) >= 11 is 1.64. The van der Waals surface area contributed by atoms with Gasteiger partial charge in [0, 0.05) is 46.2 Å². The lowest BCUT2D eigenvalue weighted by Gasteiger charge is -2.26. The van der Waals surface area contributed by atoms with Crippen molar-refractivity contribution in [3.8, 4) is 11.3 Å². The van der Waals surface area contributed by atoms with Crippen LogP contribution in [0.3, 0.4) is 0 Å². The van der Waals surface area contributed by atoms with Crippen molar-refractivity contribution in [3.05, 3.63) is 70.1 Å². The van der Waals surface area contributed by atoms with Gasteiger partial charge in [0.25, 0.3) is 0 Å². The predicted molar refractivity (Wildman–Crippen MR) is 139 cm³/mol. The first-order chi connectivity index (χ1) is 16.6. The Morgan fingerprint density at radius 3 is 2.62 bits per heavy atom. The molecular formula is C26H30N6OS. The topological polar surface area (TPSA) is 94.5 Å². The predicted octanol–water partition coefficient (Wildman–Crippen LogP) is 4.31. The first kappa shape index (κ1) is 22.6. The molecule has 7 nitrogen and oxygen atoms in total. The van der Waals surface area contributed by atoms with E-state index in [9.17, 15) is 5.11 Å². The summed E-state index contributed by atoms with van der Waals surface area (Å²) in [5.41, 5.74) is 6.04. The molecule has 3 aromatic rings. The van der Waals surface area contributed by atoms with Crippen LogP contribution in [0.25, 0.3) is 16.8 Å². The molecule has 1 saturated carbocycles. The van der Waals surface area contributed by atoms with Crippen LogP contribution in [0.1, 0.15) is 35.7 Å². The minimum absolute atomic E-state index is 0.249. The maximum atomic E-state index is 9.58. The minimum atomic E-state index is 0.249. The van der Waals surface area contributed by atoms with Crippen LogP contribution in [0.5, 0.6) is 0 Å². The molecule has 34 heavy (non-hydrogen) atoms. The van der Waals surface area contributed by atoms with Crippen molar-refractivity contribution >= 4 is 28.6 Å². The number of hydrogen-bond donors (Lipinski definition) is 4. The third kappa shape index (κ3) is 5.13. The molecule has 8 heteroatoms. The van der Waals surface area contributed by atoms with Crippen LogP contribution in [-0.2, 0) is 0 Å². The molecule has 1 aliphatic carbocycles. The molecule has 3 heterocycles. The fraction of sp³-hybridized carbons (Fsp3) is 0.346. The highest BCUT2D eigenvalue weighted by Crippen LogP contribution is 2.30. The lowest BCUT2D eigenvalue weighted by atomic mass is 10.1. The van der Waals surface area contributed by atoms with Gasteiger partial charge in [0.2, 0.25) is 5.96 Å². The van der Waals surface area contributed by atoms with Gasteiger partial charge in [-0.25, -0.2) is 9.98 Å². The molecule has 0 amide bonds. The Bertz CT molecular complexity index is 1200. The number of nitrogens with zero attached hydrogens (tertiary/aromatic N) is 3. The molecule has 1 aliphatic heterocycles. The number of aryl methyl sites for hydroxylation is 2. The van der Waals surface area contributed by atoms with E-state index >= 15 is 0 Å². The van der Waals surface area contributed by atoms with Crippen molar-refractivity contribution in [3.63, 3.8) is 0 Å². The Morgan fingerprint density at radius 1 is 1.09 bits per heavy atom. The molecule has 4 N–H and O–H groups in total. The van der Waals surface area contributed by atoms with E-state index in [0.717, 1.165) is 64.0 Å². The summed E-state index contributed by atoms with van der Waals surface area (Å²) in [4.78, 5) is 14.2. The number of benzene rings is 1. The molecule has 2 atom stereocenters. The Balaban J connectivity index is 1.40. The Kier molecular flexibility index (Phi) is 6.60. The van der Waals surface area contributed by atoms with E-state index in [0.29, 0.717) is 24.5 Å². The molecular weight excluding hydrogens is 444 g/mol. The minimum Gasteiger partial charge on any atom is -0.396 e. The van der Waals surface area contributed by atoms with E-state index in [1.54, 1.807) is 11.3 Å². The van der Waals surface area contributed by atoms with Crippen molar-refractivity contribution in [2.45, 2.75) is 39.2 Å². The van der Waals surface area contributed by atoms with Crippen LogP contribution in [-0.4, -0.2) is 40.2 Å². The molecule has 0 bridgehead atoms. The van der Waals surface area contributed by atoms with Gasteiger partial charge in [-0.3, -0.25) is 4.98 Å². The van der Waals surface area contributed by atoms with Crippen LogP contribution in [0, 0.1) is 19.8 Å². The fourth-order valence-corrected chi connectivity index (χ4v) is 5.48. The zero-order chi connectivity index (χ0) is 23.5. The van der Waals surface area contributed by atoms with E-state index < -0.39 is 0 Å². The molecule has 2 aromatic heterocycles. The van der Waals surface area contributed by atoms with Crippen molar-refractivity contribution in [1.82, 2.24) is 20.6 Å². The van der Waals surface area contributed by atoms with Crippen LogP contribution >= 0.6 is 11.3 Å². The van der Waals surface area contributed by atoms with Crippen molar-refractivity contribution < 1.29 is 5.11 Å². The summed E-state index contributed by atoms with van der Waals surface area (Å²) in [6.07, 6.45) is 3.05. The smallest absolute Gasteiger partial charge is 0.201 e. The number of aliphatic hydroxyl groups excluding tert-OH is 1. The van der Waals surface area contributed by atoms with Gasteiger partial charge < -0.3 is 21.1 Å². The highest BCUT2D eigenvalue weighted by molar-refractivity contribution is 7.11. The van der Waals surface area contributed by atoms with Crippen LogP contribution in [0.4, 0.5) is 5.69 Å². The molecule has 0 spiro atoms. The van der Waals surface area contributed by atoms with Gasteiger partial charge in [-0.15, -0.1) is 11.3 Å². The molecule has 2 unspecified atom stereocenters. The SMILES string of the molecule is Cc1cc(NC2=NCC(c3nc(-c4ccccc4)cs3)=C(NC3CCC(CO)C3)N2)cc(C)n1. The summed E-state index contributed by atoms with van der Waals surface area (Å²) in [5.74, 6) is 2.01. The van der Waals surface area contributed by atoms with Gasteiger partial charge in [0.1, 0.15) is 10.8 Å². The highest BCUT2D eigenvalue weighted by Gasteiger charge is 2.27. The van der Waals surface area contributed by atoms with Gasteiger partial charge in [0.15, 0.2) is 0 Å². The number of aliphatic imine (C=N–C) groups is 1. The van der Waals surface area contributed by atoms with Gasteiger partial charge in [-0.2, -0.15) is 0 Å². The number of guanidine groups is 1. The molecule has 1 aromatic carbocycles. The number of nitrogens with one attached hydrogen (secondary N) is 3. The first-order valence-corrected chi connectivity index (χ1v) is 12.6. The van der Waals surface area contributed by atoms with Gasteiger partial charge in [-0.1, -0.05) is 30.3 Å². The molecule has 1 fully saturated rings. The Hall–Kier alpha value is -3.23. The quantitative estimate of drug-likeness (QED) is 0.425. The first-order valence-electron chi connectivity index (χ1n) is 11.7. The zero-order valence-corrected chi connectivity index (χ0v) is 20.3. The maximum Gasteiger partial charge on any atom is 0.201 e.